The number of aromatic nitrogens is 3. The Morgan fingerprint density at radius 3 is 2.63 bits per heavy atom. The molecular weight excluding hydrogens is 437 g/mol. The van der Waals surface area contributed by atoms with Crippen LogP contribution in [0.4, 0.5) is 11.4 Å². The van der Waals surface area contributed by atoms with Crippen molar-refractivity contribution in [1.82, 2.24) is 14.5 Å². The molecule has 30 heavy (non-hydrogen) atoms. The lowest BCUT2D eigenvalue weighted by atomic mass is 10.1. The number of hydrogen-bond donors (Lipinski definition) is 1. The lowest BCUT2D eigenvalue weighted by molar-refractivity contribution is 1.00. The van der Waals surface area contributed by atoms with Crippen LogP contribution in [0.15, 0.2) is 59.9 Å². The van der Waals surface area contributed by atoms with Gasteiger partial charge in [0, 0.05) is 18.3 Å². The summed E-state index contributed by atoms with van der Waals surface area (Å²) in [4.78, 5) is 14.2. The summed E-state index contributed by atoms with van der Waals surface area (Å²) in [5.41, 5.74) is 6.25. The number of nitrogens with one attached hydrogen (secondary N) is 1. The minimum atomic E-state index is 0.459. The number of rotatable bonds is 2. The Labute approximate surface area is 188 Å². The smallest absolute Gasteiger partial charge is 0.111 e. The Bertz CT molecular complexity index is 1340. The van der Waals surface area contributed by atoms with Crippen LogP contribution >= 0.6 is 35.4 Å². The number of hydrogen-bond acceptors (Lipinski definition) is 4. The molecule has 0 saturated carbocycles. The highest BCUT2D eigenvalue weighted by Gasteiger charge is 2.17. The maximum absolute atomic E-state index is 6.19. The first-order chi connectivity index (χ1) is 14.5. The number of benzene rings is 2. The minimum absolute atomic E-state index is 0.459. The van der Waals surface area contributed by atoms with Crippen LogP contribution in [0, 0.1) is 6.92 Å². The average molecular weight is 452 g/mol. The Morgan fingerprint density at radius 2 is 1.83 bits per heavy atom. The Morgan fingerprint density at radius 1 is 1.07 bits per heavy atom. The number of pyridine rings is 1. The minimum Gasteiger partial charge on any atom is -0.348 e. The van der Waals surface area contributed by atoms with E-state index in [1.807, 2.05) is 25.1 Å². The molecule has 0 amide bonds. The molecule has 5 rings (SSSR count). The van der Waals surface area contributed by atoms with Gasteiger partial charge in [-0.05, 0) is 42.8 Å². The second-order valence-electron chi connectivity index (χ2n) is 6.97. The molecule has 1 aliphatic rings. The van der Waals surface area contributed by atoms with Gasteiger partial charge in [0.1, 0.15) is 11.3 Å². The molecule has 0 bridgehead atoms. The molecular formula is C22H15Cl2N5S. The lowest BCUT2D eigenvalue weighted by Gasteiger charge is -2.09. The van der Waals surface area contributed by atoms with E-state index in [1.165, 1.54) is 0 Å². The van der Waals surface area contributed by atoms with Gasteiger partial charge in [0.05, 0.1) is 43.8 Å². The molecule has 0 spiro atoms. The Hall–Kier alpha value is -2.80. The monoisotopic (exact) mass is 451 g/mol. The number of aliphatic imine (C=N–C) groups is 1. The summed E-state index contributed by atoms with van der Waals surface area (Å²) in [6.07, 6.45) is 4.07. The first-order valence-electron chi connectivity index (χ1n) is 9.26. The topological polar surface area (TPSA) is 55.1 Å². The summed E-state index contributed by atoms with van der Waals surface area (Å²) in [6, 6.07) is 13.7. The SMILES string of the molecule is Cc1nc2cnccc2n1-c1ccc(C2=Nc3cc(Cl)c(Cl)cc3NC(=S)C2)cc1. The zero-order valence-electron chi connectivity index (χ0n) is 15.9. The van der Waals surface area contributed by atoms with Gasteiger partial charge in [0.25, 0.3) is 0 Å². The summed E-state index contributed by atoms with van der Waals surface area (Å²) >= 11 is 17.8. The maximum atomic E-state index is 6.19. The van der Waals surface area contributed by atoms with E-state index in [0.29, 0.717) is 27.1 Å². The van der Waals surface area contributed by atoms with Crippen LogP contribution in [-0.4, -0.2) is 25.2 Å². The Kier molecular flexibility index (Phi) is 4.77. The van der Waals surface area contributed by atoms with E-state index in [-0.39, 0.29) is 0 Å². The predicted molar refractivity (Wildman–Crippen MR) is 127 cm³/mol. The van der Waals surface area contributed by atoms with Gasteiger partial charge in [0.2, 0.25) is 0 Å². The normalized spacial score (nSPS) is 13.6. The van der Waals surface area contributed by atoms with E-state index in [9.17, 15) is 0 Å². The zero-order chi connectivity index (χ0) is 20.8. The average Bonchev–Trinajstić information content (AvgIpc) is 2.97. The first-order valence-corrected chi connectivity index (χ1v) is 10.4. The van der Waals surface area contributed by atoms with Gasteiger partial charge in [-0.3, -0.25) is 14.5 Å². The van der Waals surface area contributed by atoms with Crippen molar-refractivity contribution in [2.24, 2.45) is 4.99 Å². The molecule has 0 aliphatic carbocycles. The Balaban J connectivity index is 1.56. The molecule has 148 valence electrons. The number of imidazole rings is 1. The largest absolute Gasteiger partial charge is 0.348 e. The summed E-state index contributed by atoms with van der Waals surface area (Å²) < 4.78 is 2.11. The van der Waals surface area contributed by atoms with Gasteiger partial charge in [-0.1, -0.05) is 47.6 Å². The fourth-order valence-electron chi connectivity index (χ4n) is 3.61. The van der Waals surface area contributed by atoms with Crippen molar-refractivity contribution < 1.29 is 0 Å². The predicted octanol–water partition coefficient (Wildman–Crippen LogP) is 6.30. The van der Waals surface area contributed by atoms with Crippen molar-refractivity contribution in [3.63, 3.8) is 0 Å². The van der Waals surface area contributed by atoms with Crippen molar-refractivity contribution in [3.05, 3.63) is 76.3 Å². The van der Waals surface area contributed by atoms with Gasteiger partial charge in [-0.2, -0.15) is 0 Å². The summed E-state index contributed by atoms with van der Waals surface area (Å²) in [5, 5.41) is 4.13. The third-order valence-electron chi connectivity index (χ3n) is 4.98. The molecule has 3 heterocycles. The van der Waals surface area contributed by atoms with Gasteiger partial charge in [-0.15, -0.1) is 0 Å². The van der Waals surface area contributed by atoms with Crippen LogP contribution < -0.4 is 5.32 Å². The van der Waals surface area contributed by atoms with Crippen molar-refractivity contribution in [2.45, 2.75) is 13.3 Å². The fraction of sp³-hybridized carbons (Fsp3) is 0.0909. The molecule has 1 N–H and O–H groups in total. The molecule has 0 unspecified atom stereocenters. The van der Waals surface area contributed by atoms with Crippen LogP contribution in [0.1, 0.15) is 17.8 Å². The highest BCUT2D eigenvalue weighted by Crippen LogP contribution is 2.36. The highest BCUT2D eigenvalue weighted by atomic mass is 35.5. The number of aryl methyl sites for hydroxylation is 1. The second kappa shape index (κ2) is 7.47. The number of halogens is 2. The van der Waals surface area contributed by atoms with Gasteiger partial charge in [0.15, 0.2) is 0 Å². The van der Waals surface area contributed by atoms with E-state index < -0.39 is 0 Å². The first kappa shape index (κ1) is 19.2. The van der Waals surface area contributed by atoms with Crippen molar-refractivity contribution in [1.29, 1.82) is 0 Å². The molecule has 0 radical (unpaired) electrons. The van der Waals surface area contributed by atoms with Gasteiger partial charge >= 0.3 is 0 Å². The third-order valence-corrected chi connectivity index (χ3v) is 5.95. The number of thiocarbonyl (C=S) groups is 1. The molecule has 2 aromatic carbocycles. The number of nitrogens with zero attached hydrogens (tertiary/aromatic N) is 4. The van der Waals surface area contributed by atoms with E-state index in [1.54, 1.807) is 24.5 Å². The van der Waals surface area contributed by atoms with Crippen LogP contribution in [0.2, 0.25) is 10.0 Å². The number of fused-ring (bicyclic) bond motifs is 2. The number of anilines is 1. The highest BCUT2D eigenvalue weighted by molar-refractivity contribution is 7.80. The molecule has 2 aromatic heterocycles. The van der Waals surface area contributed by atoms with Crippen LogP contribution in [0.3, 0.4) is 0 Å². The van der Waals surface area contributed by atoms with E-state index in [4.69, 9.17) is 40.4 Å². The molecule has 4 aromatic rings. The molecule has 0 fully saturated rings. The summed E-state index contributed by atoms with van der Waals surface area (Å²) in [6.45, 7) is 1.99. The maximum Gasteiger partial charge on any atom is 0.111 e. The van der Waals surface area contributed by atoms with E-state index >= 15 is 0 Å². The van der Waals surface area contributed by atoms with Gasteiger partial charge < -0.3 is 5.32 Å². The second-order valence-corrected chi connectivity index (χ2v) is 8.28. The molecule has 8 heteroatoms. The van der Waals surface area contributed by atoms with E-state index in [0.717, 1.165) is 39.5 Å². The van der Waals surface area contributed by atoms with E-state index in [2.05, 4.69) is 32.0 Å². The quantitative estimate of drug-likeness (QED) is 0.363. The summed E-state index contributed by atoms with van der Waals surface area (Å²) in [7, 11) is 0. The zero-order valence-corrected chi connectivity index (χ0v) is 18.2. The summed E-state index contributed by atoms with van der Waals surface area (Å²) in [5.74, 6) is 0.906. The molecule has 0 saturated heterocycles. The molecule has 5 nitrogen and oxygen atoms in total. The standard InChI is InChI=1S/C22H15Cl2N5S/c1-12-26-20-11-25-7-6-21(20)29(12)14-4-2-13(3-5-14)17-10-22(30)28-19-9-16(24)15(23)8-18(19)27-17/h2-9,11H,10H2,1H3,(H,28,30). The van der Waals surface area contributed by atoms with Crippen molar-refractivity contribution in [2.75, 3.05) is 5.32 Å². The van der Waals surface area contributed by atoms with Crippen molar-refractivity contribution in [3.8, 4) is 5.69 Å². The molecule has 1 aliphatic heterocycles. The lowest BCUT2D eigenvalue weighted by Crippen LogP contribution is -2.13. The van der Waals surface area contributed by atoms with Crippen LogP contribution in [-0.2, 0) is 0 Å². The third kappa shape index (κ3) is 3.37. The van der Waals surface area contributed by atoms with Crippen LogP contribution in [0.5, 0.6) is 0 Å². The molecule has 0 atom stereocenters. The van der Waals surface area contributed by atoms with Crippen LogP contribution in [0.25, 0.3) is 16.7 Å². The van der Waals surface area contributed by atoms with Crippen molar-refractivity contribution >= 4 is 68.5 Å². The fourth-order valence-corrected chi connectivity index (χ4v) is 4.18. The van der Waals surface area contributed by atoms with Gasteiger partial charge in [-0.25, -0.2) is 4.98 Å².